The van der Waals surface area contributed by atoms with Crippen LogP contribution in [-0.4, -0.2) is 9.78 Å². The molecule has 2 aromatic rings. The lowest BCUT2D eigenvalue weighted by molar-refractivity contribution is 0.427. The fourth-order valence-corrected chi connectivity index (χ4v) is 3.13. The average molecular weight is 429 g/mol. The smallest absolute Gasteiger partial charge is 0.221 e. The van der Waals surface area contributed by atoms with E-state index >= 15 is 0 Å². The van der Waals surface area contributed by atoms with Crippen LogP contribution in [0.1, 0.15) is 11.3 Å². The largest absolute Gasteiger partial charge is 0.437 e. The zero-order chi connectivity index (χ0) is 14.2. The first-order valence-corrected chi connectivity index (χ1v) is 8.02. The van der Waals surface area contributed by atoms with Gasteiger partial charge in [0.05, 0.1) is 15.7 Å². The van der Waals surface area contributed by atoms with Crippen molar-refractivity contribution in [2.24, 2.45) is 7.05 Å². The number of hydrogen-bond acceptors (Lipinski definition) is 2. The van der Waals surface area contributed by atoms with E-state index in [1.54, 1.807) is 16.8 Å². The molecule has 2 rings (SSSR count). The highest BCUT2D eigenvalue weighted by molar-refractivity contribution is 9.10. The van der Waals surface area contributed by atoms with Gasteiger partial charge in [-0.2, -0.15) is 5.10 Å². The van der Waals surface area contributed by atoms with Crippen molar-refractivity contribution in [2.45, 2.75) is 12.3 Å². The molecule has 0 saturated heterocycles. The van der Waals surface area contributed by atoms with E-state index in [0.717, 1.165) is 15.7 Å². The number of hydrogen-bond donors (Lipinski definition) is 0. The molecule has 0 saturated carbocycles. The number of nitrogens with zero attached hydrogens (tertiary/aromatic N) is 2. The van der Waals surface area contributed by atoms with Crippen molar-refractivity contribution in [1.29, 1.82) is 0 Å². The Bertz CT molecular complexity index is 629. The van der Waals surface area contributed by atoms with E-state index < -0.39 is 0 Å². The minimum absolute atomic E-state index is 0.482. The Balaban J connectivity index is 2.44. The predicted octanol–water partition coefficient (Wildman–Crippen LogP) is 5.49. The van der Waals surface area contributed by atoms with Crippen LogP contribution in [0.25, 0.3) is 0 Å². The Morgan fingerprint density at radius 1 is 1.32 bits per heavy atom. The molecule has 0 unspecified atom stereocenters. The van der Waals surface area contributed by atoms with E-state index in [1.165, 1.54) is 0 Å². The van der Waals surface area contributed by atoms with E-state index in [4.69, 9.17) is 27.9 Å². The number of aromatic nitrogens is 2. The van der Waals surface area contributed by atoms with Gasteiger partial charge >= 0.3 is 0 Å². The molecule has 0 N–H and O–H groups in total. The molecule has 1 heterocycles. The van der Waals surface area contributed by atoms with Crippen molar-refractivity contribution in [3.8, 4) is 11.6 Å². The molecule has 7 heteroatoms. The van der Waals surface area contributed by atoms with Crippen molar-refractivity contribution in [3.05, 3.63) is 37.9 Å². The Morgan fingerprint density at radius 2 is 2.00 bits per heavy atom. The third-order valence-electron chi connectivity index (χ3n) is 2.60. The second kappa shape index (κ2) is 6.04. The number of ether oxygens (including phenoxy) is 1. The second-order valence-electron chi connectivity index (χ2n) is 3.93. The van der Waals surface area contributed by atoms with E-state index in [0.29, 0.717) is 27.0 Å². The first kappa shape index (κ1) is 15.2. The monoisotopic (exact) mass is 426 g/mol. The van der Waals surface area contributed by atoms with Gasteiger partial charge in [0.15, 0.2) is 0 Å². The molecule has 0 atom stereocenters. The van der Waals surface area contributed by atoms with Gasteiger partial charge in [0.25, 0.3) is 0 Å². The summed E-state index contributed by atoms with van der Waals surface area (Å²) in [5.41, 5.74) is 1.89. The van der Waals surface area contributed by atoms with Crippen molar-refractivity contribution in [1.82, 2.24) is 9.78 Å². The molecule has 0 fully saturated rings. The van der Waals surface area contributed by atoms with Crippen LogP contribution in [0.5, 0.6) is 11.6 Å². The summed E-state index contributed by atoms with van der Waals surface area (Å²) in [7, 11) is 1.82. The van der Waals surface area contributed by atoms with Crippen LogP contribution >= 0.6 is 55.1 Å². The molecule has 19 heavy (non-hydrogen) atoms. The molecule has 0 aliphatic heterocycles. The summed E-state index contributed by atoms with van der Waals surface area (Å²) < 4.78 is 8.26. The lowest BCUT2D eigenvalue weighted by Gasteiger charge is -2.10. The molecule has 3 nitrogen and oxygen atoms in total. The highest BCUT2D eigenvalue weighted by Crippen LogP contribution is 2.38. The normalized spacial score (nSPS) is 10.8. The van der Waals surface area contributed by atoms with E-state index in [2.05, 4.69) is 37.0 Å². The standard InChI is InChI=1S/C12H10Br2Cl2N2O/c1-6-7(5-13)12(18(2)17-6)19-11-4-9(15)8(14)3-10(11)16/h3-4H,5H2,1-2H3. The molecule has 0 aliphatic rings. The molecule has 0 amide bonds. The Labute approximate surface area is 138 Å². The maximum absolute atomic E-state index is 6.15. The predicted molar refractivity (Wildman–Crippen MR) is 84.8 cm³/mol. The highest BCUT2D eigenvalue weighted by atomic mass is 79.9. The molecular formula is C12H10Br2Cl2N2O. The lowest BCUT2D eigenvalue weighted by atomic mass is 10.3. The van der Waals surface area contributed by atoms with Gasteiger partial charge in [0.1, 0.15) is 5.75 Å². The fraction of sp³-hybridized carbons (Fsp3) is 0.250. The van der Waals surface area contributed by atoms with Crippen LogP contribution in [0.3, 0.4) is 0 Å². The Kier molecular flexibility index (Phi) is 4.82. The maximum Gasteiger partial charge on any atom is 0.221 e. The minimum atomic E-state index is 0.482. The third kappa shape index (κ3) is 3.10. The molecule has 0 spiro atoms. The first-order chi connectivity index (χ1) is 8.93. The average Bonchev–Trinajstić information content (AvgIpc) is 2.60. The summed E-state index contributed by atoms with van der Waals surface area (Å²) in [5, 5.41) is 6.00. The number of rotatable bonds is 3. The minimum Gasteiger partial charge on any atom is -0.437 e. The van der Waals surface area contributed by atoms with E-state index in [-0.39, 0.29) is 0 Å². The van der Waals surface area contributed by atoms with Gasteiger partial charge in [-0.25, -0.2) is 4.68 Å². The van der Waals surface area contributed by atoms with Gasteiger partial charge in [-0.1, -0.05) is 39.1 Å². The van der Waals surface area contributed by atoms with Crippen molar-refractivity contribution in [3.63, 3.8) is 0 Å². The van der Waals surface area contributed by atoms with Gasteiger partial charge in [0.2, 0.25) is 5.88 Å². The molecular weight excluding hydrogens is 419 g/mol. The molecule has 1 aromatic heterocycles. The summed E-state index contributed by atoms with van der Waals surface area (Å²) >= 11 is 19.0. The maximum atomic E-state index is 6.15. The summed E-state index contributed by atoms with van der Waals surface area (Å²) in [4.78, 5) is 0. The SMILES string of the molecule is Cc1nn(C)c(Oc2cc(Cl)c(Br)cc2Cl)c1CBr. The van der Waals surface area contributed by atoms with Gasteiger partial charge in [-0.05, 0) is 28.9 Å². The van der Waals surface area contributed by atoms with Gasteiger partial charge in [0, 0.05) is 28.5 Å². The molecule has 0 radical (unpaired) electrons. The zero-order valence-electron chi connectivity index (χ0n) is 10.2. The van der Waals surface area contributed by atoms with Crippen LogP contribution in [0.4, 0.5) is 0 Å². The fourth-order valence-electron chi connectivity index (χ4n) is 1.65. The van der Waals surface area contributed by atoms with Gasteiger partial charge < -0.3 is 4.74 Å². The number of benzene rings is 1. The van der Waals surface area contributed by atoms with Crippen molar-refractivity contribution >= 4 is 55.1 Å². The van der Waals surface area contributed by atoms with Gasteiger partial charge in [-0.15, -0.1) is 0 Å². The second-order valence-corrected chi connectivity index (χ2v) is 6.15. The van der Waals surface area contributed by atoms with Crippen molar-refractivity contribution < 1.29 is 4.74 Å². The Hall–Kier alpha value is -0.230. The molecule has 0 bridgehead atoms. The van der Waals surface area contributed by atoms with E-state index in [1.807, 2.05) is 14.0 Å². The summed E-state index contributed by atoms with van der Waals surface area (Å²) in [6.07, 6.45) is 0. The van der Waals surface area contributed by atoms with Crippen LogP contribution < -0.4 is 4.74 Å². The van der Waals surface area contributed by atoms with Crippen LogP contribution in [0.15, 0.2) is 16.6 Å². The molecule has 1 aromatic carbocycles. The molecule has 102 valence electrons. The van der Waals surface area contributed by atoms with Crippen LogP contribution in [-0.2, 0) is 12.4 Å². The number of alkyl halides is 1. The first-order valence-electron chi connectivity index (χ1n) is 5.35. The summed E-state index contributed by atoms with van der Waals surface area (Å²) in [5.74, 6) is 1.15. The lowest BCUT2D eigenvalue weighted by Crippen LogP contribution is -1.97. The topological polar surface area (TPSA) is 27.1 Å². The molecule has 0 aliphatic carbocycles. The van der Waals surface area contributed by atoms with Crippen LogP contribution in [0, 0.1) is 6.92 Å². The van der Waals surface area contributed by atoms with E-state index in [9.17, 15) is 0 Å². The van der Waals surface area contributed by atoms with Gasteiger partial charge in [-0.3, -0.25) is 0 Å². The summed E-state index contributed by atoms with van der Waals surface area (Å²) in [6, 6.07) is 3.38. The summed E-state index contributed by atoms with van der Waals surface area (Å²) in [6.45, 7) is 1.93. The third-order valence-corrected chi connectivity index (χ3v) is 4.66. The number of aryl methyl sites for hydroxylation is 2. The zero-order valence-corrected chi connectivity index (χ0v) is 14.9. The highest BCUT2D eigenvalue weighted by Gasteiger charge is 2.16. The number of halogens is 4. The van der Waals surface area contributed by atoms with Crippen LogP contribution in [0.2, 0.25) is 10.0 Å². The Morgan fingerprint density at radius 3 is 2.63 bits per heavy atom. The quantitative estimate of drug-likeness (QED) is 0.477. The van der Waals surface area contributed by atoms with Crippen molar-refractivity contribution in [2.75, 3.05) is 0 Å².